The summed E-state index contributed by atoms with van der Waals surface area (Å²) in [4.78, 5) is 26.4. The Bertz CT molecular complexity index is 924. The van der Waals surface area contributed by atoms with Crippen LogP contribution in [0.5, 0.6) is 5.75 Å². The summed E-state index contributed by atoms with van der Waals surface area (Å²) in [7, 11) is 0. The average Bonchev–Trinajstić information content (AvgIpc) is 3.14. The molecule has 1 aromatic carbocycles. The zero-order valence-corrected chi connectivity index (χ0v) is 12.9. The number of carbonyl (C=O) groups is 2. The fraction of sp³-hybridized carbons (Fsp3) is 0.125. The molecule has 0 aliphatic rings. The minimum absolute atomic E-state index is 0.140. The molecule has 0 fully saturated rings. The van der Waals surface area contributed by atoms with Crippen LogP contribution in [-0.2, 0) is 4.79 Å². The van der Waals surface area contributed by atoms with Crippen molar-refractivity contribution in [3.8, 4) is 28.3 Å². The van der Waals surface area contributed by atoms with Gasteiger partial charge in [0.05, 0.1) is 6.42 Å². The molecule has 0 unspecified atom stereocenters. The van der Waals surface area contributed by atoms with Crippen LogP contribution >= 0.6 is 0 Å². The number of hydrogen-bond acceptors (Lipinski definition) is 7. The van der Waals surface area contributed by atoms with Crippen LogP contribution in [0.3, 0.4) is 0 Å². The highest BCUT2D eigenvalue weighted by Gasteiger charge is 2.15. The van der Waals surface area contributed by atoms with Gasteiger partial charge in [-0.3, -0.25) is 9.59 Å². The first-order chi connectivity index (χ1) is 12.0. The number of hydrogen-bond donors (Lipinski definition) is 3. The Balaban J connectivity index is 1.87. The van der Waals surface area contributed by atoms with Gasteiger partial charge in [0.15, 0.2) is 5.78 Å². The number of pyridine rings is 1. The third-order valence-corrected chi connectivity index (χ3v) is 3.50. The van der Waals surface area contributed by atoms with Gasteiger partial charge in [-0.05, 0) is 22.9 Å². The smallest absolute Gasteiger partial charge is 0.303 e. The SMILES string of the molecule is O=C(O)CCC(=O)c1ncc(-c2cccc(-c3nn[nH]n3)c2)cc1O. The summed E-state index contributed by atoms with van der Waals surface area (Å²) in [6.45, 7) is 0. The van der Waals surface area contributed by atoms with Gasteiger partial charge >= 0.3 is 5.97 Å². The molecule has 126 valence electrons. The van der Waals surface area contributed by atoms with Crippen LogP contribution < -0.4 is 0 Å². The maximum absolute atomic E-state index is 11.9. The normalized spacial score (nSPS) is 10.6. The molecule has 2 heterocycles. The fourth-order valence-electron chi connectivity index (χ4n) is 2.29. The number of rotatable bonds is 6. The largest absolute Gasteiger partial charge is 0.506 e. The van der Waals surface area contributed by atoms with Gasteiger partial charge in [-0.15, -0.1) is 10.2 Å². The molecule has 0 spiro atoms. The first-order valence-electron chi connectivity index (χ1n) is 7.33. The molecule has 3 N–H and O–H groups in total. The van der Waals surface area contributed by atoms with Crippen molar-refractivity contribution in [3.63, 3.8) is 0 Å². The van der Waals surface area contributed by atoms with E-state index in [-0.39, 0.29) is 24.3 Å². The number of aromatic nitrogens is 5. The number of carbonyl (C=O) groups excluding carboxylic acids is 1. The Morgan fingerprint density at radius 2 is 1.88 bits per heavy atom. The molecule has 0 bridgehead atoms. The Labute approximate surface area is 141 Å². The summed E-state index contributed by atoms with van der Waals surface area (Å²) in [6.07, 6.45) is 0.917. The van der Waals surface area contributed by atoms with Crippen LogP contribution in [0.2, 0.25) is 0 Å². The highest BCUT2D eigenvalue weighted by Crippen LogP contribution is 2.28. The molecule has 9 heteroatoms. The first-order valence-corrected chi connectivity index (χ1v) is 7.33. The number of aromatic hydroxyl groups is 1. The average molecular weight is 339 g/mol. The van der Waals surface area contributed by atoms with Crippen molar-refractivity contribution in [1.29, 1.82) is 0 Å². The molecule has 3 aromatic rings. The van der Waals surface area contributed by atoms with Crippen LogP contribution in [0.15, 0.2) is 36.5 Å². The number of carboxylic acids is 1. The molecule has 25 heavy (non-hydrogen) atoms. The van der Waals surface area contributed by atoms with Crippen molar-refractivity contribution in [2.24, 2.45) is 0 Å². The number of Topliss-reactive ketones (excluding diaryl/α,β-unsaturated/α-hetero) is 1. The lowest BCUT2D eigenvalue weighted by Crippen LogP contribution is -2.06. The lowest BCUT2D eigenvalue weighted by atomic mass is 10.0. The van der Waals surface area contributed by atoms with E-state index >= 15 is 0 Å². The number of H-pyrrole nitrogens is 1. The van der Waals surface area contributed by atoms with Gasteiger partial charge in [-0.1, -0.05) is 18.2 Å². The first kappa shape index (κ1) is 16.2. The summed E-state index contributed by atoms with van der Waals surface area (Å²) >= 11 is 0. The molecule has 0 aliphatic heterocycles. The van der Waals surface area contributed by atoms with E-state index in [1.165, 1.54) is 12.3 Å². The van der Waals surface area contributed by atoms with Gasteiger partial charge in [0, 0.05) is 23.7 Å². The Morgan fingerprint density at radius 1 is 1.08 bits per heavy atom. The van der Waals surface area contributed by atoms with Gasteiger partial charge in [0.1, 0.15) is 11.4 Å². The number of aromatic amines is 1. The molecule has 3 rings (SSSR count). The summed E-state index contributed by atoms with van der Waals surface area (Å²) in [5, 5.41) is 32.4. The Kier molecular flexibility index (Phi) is 4.46. The Hall–Kier alpha value is -3.62. The van der Waals surface area contributed by atoms with Gasteiger partial charge < -0.3 is 10.2 Å². The fourth-order valence-corrected chi connectivity index (χ4v) is 2.29. The molecule has 0 saturated carbocycles. The van der Waals surface area contributed by atoms with Crippen LogP contribution in [0.1, 0.15) is 23.3 Å². The van der Waals surface area contributed by atoms with E-state index in [0.29, 0.717) is 11.4 Å². The minimum atomic E-state index is -1.08. The topological polar surface area (TPSA) is 142 Å². The zero-order valence-electron chi connectivity index (χ0n) is 12.9. The predicted octanol–water partition coefficient (Wildman–Crippen LogP) is 1.68. The lowest BCUT2D eigenvalue weighted by molar-refractivity contribution is -0.136. The number of aliphatic carboxylic acids is 1. The maximum atomic E-state index is 11.9. The van der Waals surface area contributed by atoms with E-state index in [9.17, 15) is 14.7 Å². The molecule has 0 amide bonds. The van der Waals surface area contributed by atoms with E-state index in [2.05, 4.69) is 25.6 Å². The second kappa shape index (κ2) is 6.87. The summed E-state index contributed by atoms with van der Waals surface area (Å²) < 4.78 is 0. The highest BCUT2D eigenvalue weighted by molar-refractivity contribution is 5.98. The van der Waals surface area contributed by atoms with Gasteiger partial charge in [0.25, 0.3) is 0 Å². The highest BCUT2D eigenvalue weighted by atomic mass is 16.4. The maximum Gasteiger partial charge on any atom is 0.303 e. The van der Waals surface area contributed by atoms with Crippen molar-refractivity contribution in [2.75, 3.05) is 0 Å². The zero-order chi connectivity index (χ0) is 17.8. The third-order valence-electron chi connectivity index (χ3n) is 3.50. The number of benzene rings is 1. The second-order valence-electron chi connectivity index (χ2n) is 5.22. The molecule has 0 atom stereocenters. The van der Waals surface area contributed by atoms with Crippen molar-refractivity contribution in [2.45, 2.75) is 12.8 Å². The van der Waals surface area contributed by atoms with Crippen molar-refractivity contribution >= 4 is 11.8 Å². The lowest BCUT2D eigenvalue weighted by Gasteiger charge is -2.07. The molecule has 9 nitrogen and oxygen atoms in total. The van der Waals surface area contributed by atoms with Gasteiger partial charge in [-0.25, -0.2) is 4.98 Å². The number of ketones is 1. The van der Waals surface area contributed by atoms with Crippen molar-refractivity contribution in [3.05, 3.63) is 42.2 Å². The molecule has 2 aromatic heterocycles. The van der Waals surface area contributed by atoms with Crippen LogP contribution in [0.25, 0.3) is 22.5 Å². The number of carboxylic acid groups (broad SMARTS) is 1. The Morgan fingerprint density at radius 3 is 2.56 bits per heavy atom. The van der Waals surface area contributed by atoms with E-state index < -0.39 is 11.8 Å². The number of tetrazole rings is 1. The third kappa shape index (κ3) is 3.66. The summed E-state index contributed by atoms with van der Waals surface area (Å²) in [5.74, 6) is -1.47. The van der Waals surface area contributed by atoms with Gasteiger partial charge in [-0.2, -0.15) is 5.21 Å². The van der Waals surface area contributed by atoms with E-state index in [1.807, 2.05) is 12.1 Å². The number of nitrogens with one attached hydrogen (secondary N) is 1. The summed E-state index contributed by atoms with van der Waals surface area (Å²) in [5.41, 5.74) is 1.93. The monoisotopic (exact) mass is 339 g/mol. The van der Waals surface area contributed by atoms with Crippen LogP contribution in [0.4, 0.5) is 0 Å². The minimum Gasteiger partial charge on any atom is -0.506 e. The second-order valence-corrected chi connectivity index (χ2v) is 5.22. The molecular formula is C16H13N5O4. The standard InChI is InChI=1S/C16H13N5O4/c22-12(4-5-14(24)25)15-13(23)7-11(8-17-15)9-2-1-3-10(6-9)16-18-20-21-19-16/h1-3,6-8,23H,4-5H2,(H,24,25)(H,18,19,20,21). The van der Waals surface area contributed by atoms with E-state index in [1.54, 1.807) is 12.1 Å². The van der Waals surface area contributed by atoms with Crippen molar-refractivity contribution < 1.29 is 19.8 Å². The molecule has 0 saturated heterocycles. The van der Waals surface area contributed by atoms with Crippen LogP contribution in [-0.4, -0.2) is 47.6 Å². The van der Waals surface area contributed by atoms with Gasteiger partial charge in [0.2, 0.25) is 5.82 Å². The summed E-state index contributed by atoms with van der Waals surface area (Å²) in [6, 6.07) is 8.63. The van der Waals surface area contributed by atoms with E-state index in [0.717, 1.165) is 11.1 Å². The predicted molar refractivity (Wildman–Crippen MR) is 85.7 cm³/mol. The quantitative estimate of drug-likeness (QED) is 0.576. The molecule has 0 radical (unpaired) electrons. The van der Waals surface area contributed by atoms with Crippen LogP contribution in [0, 0.1) is 0 Å². The number of nitrogens with zero attached hydrogens (tertiary/aromatic N) is 4. The molecular weight excluding hydrogens is 326 g/mol. The van der Waals surface area contributed by atoms with Crippen molar-refractivity contribution in [1.82, 2.24) is 25.6 Å². The molecule has 0 aliphatic carbocycles. The van der Waals surface area contributed by atoms with E-state index in [4.69, 9.17) is 5.11 Å².